The topological polar surface area (TPSA) is 29.5 Å². The number of halogens is 2. The number of aliphatic hydroxyl groups is 1. The van der Waals surface area contributed by atoms with E-state index in [1.165, 1.54) is 12.1 Å². The lowest BCUT2D eigenvalue weighted by Crippen LogP contribution is -1.97. The predicted molar refractivity (Wildman–Crippen MR) is 78.2 cm³/mol. The van der Waals surface area contributed by atoms with Crippen molar-refractivity contribution < 1.29 is 14.2 Å². The van der Waals surface area contributed by atoms with Gasteiger partial charge in [0.05, 0.1) is 6.10 Å². The molecule has 3 rings (SSSR count). The Kier molecular flexibility index (Phi) is 3.76. The highest BCUT2D eigenvalue weighted by molar-refractivity contribution is 9.10. The monoisotopic (exact) mass is 336 g/mol. The van der Waals surface area contributed by atoms with Crippen LogP contribution in [0.25, 0.3) is 0 Å². The maximum Gasteiger partial charge on any atom is 0.124 e. The van der Waals surface area contributed by atoms with Crippen LogP contribution >= 0.6 is 15.9 Å². The van der Waals surface area contributed by atoms with Crippen LogP contribution in [0.15, 0.2) is 40.9 Å². The van der Waals surface area contributed by atoms with Gasteiger partial charge in [-0.1, -0.05) is 22.0 Å². The van der Waals surface area contributed by atoms with Crippen LogP contribution in [0.5, 0.6) is 5.75 Å². The summed E-state index contributed by atoms with van der Waals surface area (Å²) in [6.07, 6.45) is 1.30. The van der Waals surface area contributed by atoms with E-state index in [0.29, 0.717) is 11.1 Å². The molecule has 0 heterocycles. The van der Waals surface area contributed by atoms with Crippen molar-refractivity contribution >= 4 is 15.9 Å². The lowest BCUT2D eigenvalue weighted by Gasteiger charge is -2.09. The number of benzene rings is 2. The van der Waals surface area contributed by atoms with E-state index in [1.807, 2.05) is 24.3 Å². The van der Waals surface area contributed by atoms with Crippen LogP contribution in [-0.4, -0.2) is 5.11 Å². The Balaban J connectivity index is 1.72. The Morgan fingerprint density at radius 1 is 1.25 bits per heavy atom. The number of hydrogen-bond acceptors (Lipinski definition) is 2. The number of fused-ring (bicyclic) bond motifs is 1. The number of aryl methyl sites for hydroxylation is 1. The molecule has 1 aliphatic rings. The van der Waals surface area contributed by atoms with Gasteiger partial charge in [0.25, 0.3) is 0 Å². The number of aliphatic hydroxyl groups excluding tert-OH is 1. The maximum absolute atomic E-state index is 13.3. The number of rotatable bonds is 3. The van der Waals surface area contributed by atoms with Gasteiger partial charge in [-0.05, 0) is 59.9 Å². The highest BCUT2D eigenvalue weighted by Crippen LogP contribution is 2.33. The predicted octanol–water partition coefficient (Wildman–Crippen LogP) is 4.15. The molecule has 0 bridgehead atoms. The van der Waals surface area contributed by atoms with Crippen LogP contribution in [-0.2, 0) is 13.0 Å². The van der Waals surface area contributed by atoms with Crippen molar-refractivity contribution in [3.63, 3.8) is 0 Å². The van der Waals surface area contributed by atoms with Gasteiger partial charge in [-0.25, -0.2) is 4.39 Å². The van der Waals surface area contributed by atoms with E-state index >= 15 is 0 Å². The first-order chi connectivity index (χ1) is 9.61. The van der Waals surface area contributed by atoms with Crippen LogP contribution < -0.4 is 4.74 Å². The van der Waals surface area contributed by atoms with Gasteiger partial charge < -0.3 is 9.84 Å². The molecule has 0 fully saturated rings. The van der Waals surface area contributed by atoms with Crippen LogP contribution in [0, 0.1) is 5.82 Å². The molecule has 0 aliphatic heterocycles. The first kappa shape index (κ1) is 13.6. The van der Waals surface area contributed by atoms with Gasteiger partial charge in [0.1, 0.15) is 18.2 Å². The lowest BCUT2D eigenvalue weighted by molar-refractivity contribution is 0.180. The molecule has 0 saturated heterocycles. The summed E-state index contributed by atoms with van der Waals surface area (Å²) in [5.74, 6) is 0.466. The first-order valence-electron chi connectivity index (χ1n) is 6.50. The summed E-state index contributed by atoms with van der Waals surface area (Å²) in [6.45, 7) is 0.317. The molecule has 0 spiro atoms. The molecule has 1 N–H and O–H groups in total. The molecule has 2 aromatic rings. The second-order valence-corrected chi connectivity index (χ2v) is 5.90. The first-order valence-corrected chi connectivity index (χ1v) is 7.30. The molecule has 20 heavy (non-hydrogen) atoms. The van der Waals surface area contributed by atoms with Gasteiger partial charge >= 0.3 is 0 Å². The average Bonchev–Trinajstić information content (AvgIpc) is 2.77. The maximum atomic E-state index is 13.3. The van der Waals surface area contributed by atoms with Crippen molar-refractivity contribution in [3.05, 3.63) is 63.4 Å². The zero-order chi connectivity index (χ0) is 14.1. The molecule has 2 aromatic carbocycles. The van der Waals surface area contributed by atoms with E-state index < -0.39 is 0 Å². The number of hydrogen-bond donors (Lipinski definition) is 1. The van der Waals surface area contributed by atoms with Crippen molar-refractivity contribution in [1.82, 2.24) is 0 Å². The minimum absolute atomic E-state index is 0.282. The van der Waals surface area contributed by atoms with E-state index in [4.69, 9.17) is 4.74 Å². The van der Waals surface area contributed by atoms with E-state index in [1.54, 1.807) is 0 Å². The zero-order valence-corrected chi connectivity index (χ0v) is 12.4. The Hall–Kier alpha value is -1.39. The third kappa shape index (κ3) is 2.86. The largest absolute Gasteiger partial charge is 0.489 e. The highest BCUT2D eigenvalue weighted by Gasteiger charge is 2.20. The second kappa shape index (κ2) is 5.54. The zero-order valence-electron chi connectivity index (χ0n) is 10.8. The summed E-state index contributed by atoms with van der Waals surface area (Å²) in [6, 6.07) is 10.4. The molecule has 1 atom stereocenters. The van der Waals surface area contributed by atoms with Crippen molar-refractivity contribution in [3.8, 4) is 5.75 Å². The van der Waals surface area contributed by atoms with Crippen LogP contribution in [0.3, 0.4) is 0 Å². The van der Waals surface area contributed by atoms with E-state index in [-0.39, 0.29) is 11.9 Å². The van der Waals surface area contributed by atoms with Gasteiger partial charge in [0, 0.05) is 4.47 Å². The van der Waals surface area contributed by atoms with Crippen molar-refractivity contribution in [2.45, 2.75) is 25.6 Å². The third-order valence-corrected chi connectivity index (χ3v) is 3.95. The Bertz CT molecular complexity index is 622. The fourth-order valence-corrected chi connectivity index (χ4v) is 3.03. The van der Waals surface area contributed by atoms with Crippen LogP contribution in [0.2, 0.25) is 0 Å². The van der Waals surface area contributed by atoms with Crippen molar-refractivity contribution in [2.75, 3.05) is 0 Å². The van der Waals surface area contributed by atoms with Gasteiger partial charge in [0.15, 0.2) is 0 Å². The fraction of sp³-hybridized carbons (Fsp3) is 0.250. The minimum Gasteiger partial charge on any atom is -0.489 e. The summed E-state index contributed by atoms with van der Waals surface area (Å²) in [5.41, 5.74) is 2.90. The second-order valence-electron chi connectivity index (χ2n) is 4.98. The fourth-order valence-electron chi connectivity index (χ4n) is 2.52. The summed E-state index contributed by atoms with van der Waals surface area (Å²) < 4.78 is 19.7. The molecule has 1 aliphatic carbocycles. The Morgan fingerprint density at radius 3 is 2.90 bits per heavy atom. The molecule has 2 nitrogen and oxygen atoms in total. The third-order valence-electron chi connectivity index (χ3n) is 3.49. The van der Waals surface area contributed by atoms with E-state index in [0.717, 1.165) is 35.3 Å². The summed E-state index contributed by atoms with van der Waals surface area (Å²) >= 11 is 3.26. The highest BCUT2D eigenvalue weighted by atomic mass is 79.9. The molecular weight excluding hydrogens is 323 g/mol. The van der Waals surface area contributed by atoms with Crippen LogP contribution in [0.1, 0.15) is 29.2 Å². The Morgan fingerprint density at radius 2 is 2.10 bits per heavy atom. The summed E-state index contributed by atoms with van der Waals surface area (Å²) in [7, 11) is 0. The van der Waals surface area contributed by atoms with Crippen molar-refractivity contribution in [2.24, 2.45) is 0 Å². The van der Waals surface area contributed by atoms with Gasteiger partial charge in [-0.3, -0.25) is 0 Å². The molecule has 0 radical (unpaired) electrons. The van der Waals surface area contributed by atoms with Gasteiger partial charge in [-0.15, -0.1) is 0 Å². The molecular formula is C16H14BrFO2. The molecule has 104 valence electrons. The lowest BCUT2D eigenvalue weighted by atomic mass is 10.1. The molecule has 0 unspecified atom stereocenters. The smallest absolute Gasteiger partial charge is 0.124 e. The van der Waals surface area contributed by atoms with Crippen molar-refractivity contribution in [1.29, 1.82) is 0 Å². The molecule has 4 heteroatoms. The van der Waals surface area contributed by atoms with Gasteiger partial charge in [-0.2, -0.15) is 0 Å². The standard InChI is InChI=1S/C16H14BrFO2/c17-12-5-10(6-13(18)8-12)9-20-14-2-3-15-11(7-14)1-4-16(15)19/h2-3,5-8,16,19H,1,4,9H2/t16-/m0/s1. The van der Waals surface area contributed by atoms with E-state index in [2.05, 4.69) is 15.9 Å². The quantitative estimate of drug-likeness (QED) is 0.912. The van der Waals surface area contributed by atoms with Crippen LogP contribution in [0.4, 0.5) is 4.39 Å². The Labute approximate surface area is 125 Å². The van der Waals surface area contributed by atoms with E-state index in [9.17, 15) is 9.50 Å². The molecule has 0 saturated carbocycles. The summed E-state index contributed by atoms with van der Waals surface area (Å²) in [5, 5.41) is 9.75. The number of ether oxygens (including phenoxy) is 1. The average molecular weight is 337 g/mol. The minimum atomic E-state index is -0.349. The molecule has 0 aromatic heterocycles. The normalized spacial score (nSPS) is 17.1. The summed E-state index contributed by atoms with van der Waals surface area (Å²) in [4.78, 5) is 0. The molecule has 0 amide bonds. The van der Waals surface area contributed by atoms with Gasteiger partial charge in [0.2, 0.25) is 0 Å². The SMILES string of the molecule is O[C@H]1CCc2cc(OCc3cc(F)cc(Br)c3)ccc21.